The van der Waals surface area contributed by atoms with Crippen LogP contribution in [0.4, 0.5) is 0 Å². The molecule has 1 N–H and O–H groups in total. The zero-order valence-corrected chi connectivity index (χ0v) is 12.3. The summed E-state index contributed by atoms with van der Waals surface area (Å²) in [7, 11) is -3.37. The summed E-state index contributed by atoms with van der Waals surface area (Å²) in [5, 5.41) is -0.321. The van der Waals surface area contributed by atoms with Gasteiger partial charge in [-0.3, -0.25) is 9.52 Å². The van der Waals surface area contributed by atoms with Gasteiger partial charge in [0, 0.05) is 5.92 Å². The van der Waals surface area contributed by atoms with Crippen LogP contribution >= 0.6 is 0 Å². The first kappa shape index (κ1) is 14.6. The summed E-state index contributed by atoms with van der Waals surface area (Å²) in [5.41, 5.74) is 0. The smallest absolute Gasteiger partial charge is 0.237 e. The van der Waals surface area contributed by atoms with E-state index in [0.29, 0.717) is 12.8 Å². The predicted octanol–water partition coefficient (Wildman–Crippen LogP) is 2.37. The molecule has 4 nitrogen and oxygen atoms in total. The van der Waals surface area contributed by atoms with Crippen molar-refractivity contribution in [2.45, 2.75) is 57.1 Å². The molecule has 0 aliphatic heterocycles. The summed E-state index contributed by atoms with van der Waals surface area (Å²) < 4.78 is 25.5. The Bertz CT molecular complexity index is 451. The molecule has 2 aliphatic carbocycles. The highest BCUT2D eigenvalue weighted by atomic mass is 32.2. The molecule has 0 heterocycles. The van der Waals surface area contributed by atoms with Crippen molar-refractivity contribution in [3.8, 4) is 0 Å². The molecule has 2 atom stereocenters. The number of unbranched alkanes of at least 4 members (excludes halogenated alkanes) is 3. The highest BCUT2D eigenvalue weighted by Crippen LogP contribution is 2.40. The minimum absolute atomic E-state index is 0.129. The summed E-state index contributed by atoms with van der Waals surface area (Å²) in [6.45, 7) is 2.17. The highest BCUT2D eigenvalue weighted by molar-refractivity contribution is 7.90. The van der Waals surface area contributed by atoms with Crippen LogP contribution in [0.25, 0.3) is 0 Å². The van der Waals surface area contributed by atoms with Crippen molar-refractivity contribution in [2.24, 2.45) is 11.8 Å². The molecule has 108 valence electrons. The molecule has 0 aromatic heterocycles. The molecule has 2 rings (SSSR count). The molecule has 2 saturated carbocycles. The normalized spacial score (nSPS) is 26.6. The molecular formula is C14H23NO3S. The number of carbonyl (C=O) groups excluding carboxylic acids is 1. The zero-order valence-electron chi connectivity index (χ0n) is 11.5. The van der Waals surface area contributed by atoms with Crippen molar-refractivity contribution in [2.75, 3.05) is 0 Å². The maximum absolute atomic E-state index is 11.8. The van der Waals surface area contributed by atoms with Crippen LogP contribution in [0.1, 0.15) is 51.9 Å². The number of carbonyl (C=O) groups is 1. The molecule has 5 heteroatoms. The molecule has 0 spiro atoms. The van der Waals surface area contributed by atoms with Crippen molar-refractivity contribution in [3.05, 3.63) is 12.2 Å². The van der Waals surface area contributed by atoms with Crippen molar-refractivity contribution in [3.63, 3.8) is 0 Å². The minimum Gasteiger partial charge on any atom is -0.274 e. The quantitative estimate of drug-likeness (QED) is 0.550. The molecule has 19 heavy (non-hydrogen) atoms. The van der Waals surface area contributed by atoms with Gasteiger partial charge in [0.15, 0.2) is 0 Å². The third kappa shape index (κ3) is 4.34. The number of nitrogens with one attached hydrogen (secondary N) is 1. The van der Waals surface area contributed by atoms with E-state index >= 15 is 0 Å². The maximum Gasteiger partial charge on any atom is 0.237 e. The van der Waals surface area contributed by atoms with Gasteiger partial charge in [-0.15, -0.1) is 0 Å². The van der Waals surface area contributed by atoms with Crippen LogP contribution in [0.15, 0.2) is 12.2 Å². The fraction of sp³-hybridized carbons (Fsp3) is 0.786. The molecule has 0 bridgehead atoms. The summed E-state index contributed by atoms with van der Waals surface area (Å²) in [6, 6.07) is 0. The van der Waals surface area contributed by atoms with Crippen LogP contribution < -0.4 is 4.72 Å². The van der Waals surface area contributed by atoms with Crippen molar-refractivity contribution in [1.29, 1.82) is 0 Å². The Balaban J connectivity index is 1.69. The first-order valence-corrected chi connectivity index (χ1v) is 8.81. The Labute approximate surface area is 115 Å². The fourth-order valence-electron chi connectivity index (χ4n) is 2.19. The predicted molar refractivity (Wildman–Crippen MR) is 75.0 cm³/mol. The molecule has 0 saturated heterocycles. The van der Waals surface area contributed by atoms with Gasteiger partial charge in [-0.2, -0.15) is 0 Å². The second-order valence-corrected chi connectivity index (χ2v) is 7.60. The van der Waals surface area contributed by atoms with Crippen LogP contribution in [0.2, 0.25) is 0 Å². The fourth-order valence-corrected chi connectivity index (χ4v) is 3.54. The topological polar surface area (TPSA) is 63.2 Å². The largest absolute Gasteiger partial charge is 0.274 e. The summed E-state index contributed by atoms with van der Waals surface area (Å²) >= 11 is 0. The number of hydrogen-bond donors (Lipinski definition) is 1. The Morgan fingerprint density at radius 3 is 2.68 bits per heavy atom. The molecule has 2 fully saturated rings. The van der Waals surface area contributed by atoms with Crippen LogP contribution in [0.3, 0.4) is 0 Å². The Kier molecular flexibility index (Phi) is 4.66. The van der Waals surface area contributed by atoms with Gasteiger partial charge in [-0.05, 0) is 38.0 Å². The van der Waals surface area contributed by atoms with Crippen LogP contribution in [0.5, 0.6) is 0 Å². The first-order valence-electron chi connectivity index (χ1n) is 7.26. The molecule has 0 radical (unpaired) electrons. The monoisotopic (exact) mass is 285 g/mol. The molecule has 0 aromatic carbocycles. The van der Waals surface area contributed by atoms with E-state index in [9.17, 15) is 13.2 Å². The van der Waals surface area contributed by atoms with Gasteiger partial charge in [0.2, 0.25) is 15.9 Å². The molecule has 2 unspecified atom stereocenters. The number of allylic oxidation sites excluding steroid dienone is 2. The summed E-state index contributed by atoms with van der Waals surface area (Å²) in [6.07, 6.45) is 11.1. The van der Waals surface area contributed by atoms with Gasteiger partial charge >= 0.3 is 0 Å². The Hall–Kier alpha value is -0.840. The van der Waals surface area contributed by atoms with Gasteiger partial charge in [0.05, 0.1) is 5.25 Å². The first-order chi connectivity index (χ1) is 9.04. The van der Waals surface area contributed by atoms with Gasteiger partial charge in [0.1, 0.15) is 0 Å². The lowest BCUT2D eigenvalue weighted by Gasteiger charge is -2.04. The standard InChI is InChI=1S/C14H23NO3S/c1-2-3-4-5-6-7-11-10-13(11)14(16)15-19(17,18)12-8-9-12/h6-7,11-13H,2-5,8-10H2,1H3,(H,15,16)/b7-6-. The highest BCUT2D eigenvalue weighted by Gasteiger charge is 2.44. The van der Waals surface area contributed by atoms with Crippen LogP contribution in [0, 0.1) is 11.8 Å². The lowest BCUT2D eigenvalue weighted by molar-refractivity contribution is -0.120. The van der Waals surface area contributed by atoms with Crippen molar-refractivity contribution in [1.82, 2.24) is 4.72 Å². The van der Waals surface area contributed by atoms with E-state index in [1.807, 2.05) is 0 Å². The second-order valence-electron chi connectivity index (χ2n) is 5.64. The van der Waals surface area contributed by atoms with Crippen molar-refractivity contribution < 1.29 is 13.2 Å². The number of amides is 1. The van der Waals surface area contributed by atoms with E-state index in [1.54, 1.807) is 0 Å². The Morgan fingerprint density at radius 1 is 1.32 bits per heavy atom. The minimum atomic E-state index is -3.37. The van der Waals surface area contributed by atoms with E-state index in [1.165, 1.54) is 19.3 Å². The average Bonchev–Trinajstić information content (AvgIpc) is 3.21. The summed E-state index contributed by atoms with van der Waals surface area (Å²) in [4.78, 5) is 11.8. The second kappa shape index (κ2) is 6.07. The average molecular weight is 285 g/mol. The van der Waals surface area contributed by atoms with Crippen molar-refractivity contribution >= 4 is 15.9 Å². The van der Waals surface area contributed by atoms with Crippen LogP contribution in [-0.2, 0) is 14.8 Å². The van der Waals surface area contributed by atoms with Gasteiger partial charge in [0.25, 0.3) is 0 Å². The molecule has 1 amide bonds. The molecule has 0 aromatic rings. The molecular weight excluding hydrogens is 262 g/mol. The van der Waals surface area contributed by atoms with E-state index < -0.39 is 10.0 Å². The maximum atomic E-state index is 11.8. The number of sulfonamides is 1. The Morgan fingerprint density at radius 2 is 2.05 bits per heavy atom. The van der Waals surface area contributed by atoms with E-state index in [0.717, 1.165) is 12.8 Å². The number of hydrogen-bond acceptors (Lipinski definition) is 3. The van der Waals surface area contributed by atoms with Gasteiger partial charge in [-0.1, -0.05) is 31.9 Å². The van der Waals surface area contributed by atoms with E-state index in [4.69, 9.17) is 0 Å². The zero-order chi connectivity index (χ0) is 13.9. The third-order valence-corrected chi connectivity index (χ3v) is 5.58. The van der Waals surface area contributed by atoms with E-state index in [-0.39, 0.29) is 23.0 Å². The summed E-state index contributed by atoms with van der Waals surface area (Å²) in [5.74, 6) is -0.193. The van der Waals surface area contributed by atoms with E-state index in [2.05, 4.69) is 23.8 Å². The van der Waals surface area contributed by atoms with Gasteiger partial charge in [-0.25, -0.2) is 8.42 Å². The third-order valence-electron chi connectivity index (χ3n) is 3.74. The molecule has 2 aliphatic rings. The lowest BCUT2D eigenvalue weighted by Crippen LogP contribution is -2.34. The SMILES string of the molecule is CCCCC/C=C\C1CC1C(=O)NS(=O)(=O)C1CC1. The lowest BCUT2D eigenvalue weighted by atomic mass is 10.2. The van der Waals surface area contributed by atoms with Crippen LogP contribution in [-0.4, -0.2) is 19.6 Å². The number of rotatable bonds is 8. The van der Waals surface area contributed by atoms with Gasteiger partial charge < -0.3 is 0 Å².